The lowest BCUT2D eigenvalue weighted by molar-refractivity contribution is 0.112. The van der Waals surface area contributed by atoms with Crippen molar-refractivity contribution in [3.63, 3.8) is 0 Å². The molecule has 0 spiro atoms. The van der Waals surface area contributed by atoms with Gasteiger partial charge in [0.05, 0.1) is 6.34 Å². The van der Waals surface area contributed by atoms with Crippen molar-refractivity contribution in [2.24, 2.45) is 0 Å². The van der Waals surface area contributed by atoms with Crippen LogP contribution in [0.2, 0.25) is 0 Å². The Kier molecular flexibility index (Phi) is 6.74. The van der Waals surface area contributed by atoms with Gasteiger partial charge in [-0.05, 0) is 25.7 Å². The van der Waals surface area contributed by atoms with E-state index in [2.05, 4.69) is 0 Å². The Morgan fingerprint density at radius 1 is 1.41 bits per heavy atom. The van der Waals surface area contributed by atoms with Crippen LogP contribution in [0.1, 0.15) is 29.8 Å². The topological polar surface area (TPSA) is 72.9 Å². The SMILES string of the molecule is CC.CN(C)Cc1cc(=N)n(C=N)cc1C=O. The molecular weight excluding hydrogens is 216 g/mol. The minimum Gasteiger partial charge on any atom is -0.305 e. The van der Waals surface area contributed by atoms with E-state index >= 15 is 0 Å². The van der Waals surface area contributed by atoms with Gasteiger partial charge in [0.15, 0.2) is 6.29 Å². The number of nitrogens with zero attached hydrogens (tertiary/aromatic N) is 2. The van der Waals surface area contributed by atoms with Crippen molar-refractivity contribution in [1.29, 1.82) is 10.8 Å². The summed E-state index contributed by atoms with van der Waals surface area (Å²) in [5, 5.41) is 14.7. The zero-order valence-electron chi connectivity index (χ0n) is 10.8. The molecule has 5 heteroatoms. The molecule has 0 saturated heterocycles. The van der Waals surface area contributed by atoms with Crippen LogP contribution in [0.15, 0.2) is 12.3 Å². The van der Waals surface area contributed by atoms with Crippen molar-refractivity contribution >= 4 is 12.6 Å². The minimum atomic E-state index is 0.201. The first-order valence-corrected chi connectivity index (χ1v) is 5.48. The summed E-state index contributed by atoms with van der Waals surface area (Å²) < 4.78 is 1.29. The standard InChI is InChI=1S/C10H14N4O.C2H6/c1-13(2)4-8-3-10(12)14(7-11)5-9(8)6-15;1-2/h3,5-7,11-12H,4H2,1-2H3;1-2H3. The molecule has 0 unspecified atom stereocenters. The third kappa shape index (κ3) is 4.32. The van der Waals surface area contributed by atoms with Gasteiger partial charge in [0, 0.05) is 18.3 Å². The van der Waals surface area contributed by atoms with E-state index in [-0.39, 0.29) is 5.49 Å². The van der Waals surface area contributed by atoms with Gasteiger partial charge in [-0.1, -0.05) is 13.8 Å². The van der Waals surface area contributed by atoms with Gasteiger partial charge in [0.1, 0.15) is 5.49 Å². The molecule has 1 heterocycles. The summed E-state index contributed by atoms with van der Waals surface area (Å²) in [7, 11) is 3.80. The third-order valence-corrected chi connectivity index (χ3v) is 1.99. The Hall–Kier alpha value is -1.75. The third-order valence-electron chi connectivity index (χ3n) is 1.99. The molecule has 0 aliphatic heterocycles. The quantitative estimate of drug-likeness (QED) is 0.470. The minimum absolute atomic E-state index is 0.201. The van der Waals surface area contributed by atoms with E-state index in [1.165, 1.54) is 10.8 Å². The van der Waals surface area contributed by atoms with Crippen molar-refractivity contribution in [3.05, 3.63) is 28.9 Å². The molecule has 17 heavy (non-hydrogen) atoms. The number of rotatable bonds is 4. The number of carbonyl (C=O) groups excluding carboxylic acids is 1. The van der Waals surface area contributed by atoms with Gasteiger partial charge in [-0.15, -0.1) is 0 Å². The molecule has 0 amide bonds. The Balaban J connectivity index is 0.00000121. The first-order valence-electron chi connectivity index (χ1n) is 5.48. The molecule has 0 aliphatic carbocycles. The Morgan fingerprint density at radius 2 is 2.00 bits per heavy atom. The summed E-state index contributed by atoms with van der Waals surface area (Å²) in [5.74, 6) is 0. The smallest absolute Gasteiger partial charge is 0.151 e. The van der Waals surface area contributed by atoms with Crippen LogP contribution in [0.3, 0.4) is 0 Å². The van der Waals surface area contributed by atoms with Crippen molar-refractivity contribution < 1.29 is 4.79 Å². The lowest BCUT2D eigenvalue weighted by atomic mass is 10.1. The Bertz CT molecular complexity index is 435. The van der Waals surface area contributed by atoms with Crippen molar-refractivity contribution in [2.75, 3.05) is 14.1 Å². The molecule has 0 aromatic carbocycles. The predicted octanol–water partition coefficient (Wildman–Crippen LogP) is 1.32. The van der Waals surface area contributed by atoms with Crippen molar-refractivity contribution in [2.45, 2.75) is 20.4 Å². The lowest BCUT2D eigenvalue weighted by Crippen LogP contribution is -2.22. The molecule has 5 nitrogen and oxygen atoms in total. The van der Waals surface area contributed by atoms with Crippen molar-refractivity contribution in [3.8, 4) is 0 Å². The van der Waals surface area contributed by atoms with E-state index in [9.17, 15) is 4.79 Å². The van der Waals surface area contributed by atoms with Crippen LogP contribution >= 0.6 is 0 Å². The predicted molar refractivity (Wildman–Crippen MR) is 68.6 cm³/mol. The molecule has 0 bridgehead atoms. The highest BCUT2D eigenvalue weighted by Gasteiger charge is 2.04. The summed E-state index contributed by atoms with van der Waals surface area (Å²) in [5.41, 5.74) is 1.52. The number of pyridine rings is 1. The van der Waals surface area contributed by atoms with E-state index in [1.807, 2.05) is 32.8 Å². The molecule has 2 N–H and O–H groups in total. The summed E-state index contributed by atoms with van der Waals surface area (Å²) in [4.78, 5) is 12.7. The van der Waals surface area contributed by atoms with Gasteiger partial charge in [0.2, 0.25) is 0 Å². The molecule has 1 aromatic rings. The van der Waals surface area contributed by atoms with Gasteiger partial charge in [0.25, 0.3) is 0 Å². The first kappa shape index (κ1) is 15.2. The van der Waals surface area contributed by atoms with Gasteiger partial charge in [-0.25, -0.2) is 0 Å². The average Bonchev–Trinajstić information content (AvgIpc) is 2.31. The normalized spacial score (nSPS) is 9.47. The molecule has 0 aliphatic rings. The van der Waals surface area contributed by atoms with Gasteiger partial charge < -0.3 is 4.90 Å². The number of carbonyl (C=O) groups is 1. The second-order valence-corrected chi connectivity index (χ2v) is 3.53. The molecule has 1 aromatic heterocycles. The first-order chi connectivity index (χ1) is 8.08. The highest BCUT2D eigenvalue weighted by Crippen LogP contribution is 2.04. The van der Waals surface area contributed by atoms with Crippen LogP contribution in [0.25, 0.3) is 0 Å². The van der Waals surface area contributed by atoms with Crippen LogP contribution in [0.5, 0.6) is 0 Å². The van der Waals surface area contributed by atoms with E-state index in [4.69, 9.17) is 10.8 Å². The fraction of sp³-hybridized carbons (Fsp3) is 0.417. The largest absolute Gasteiger partial charge is 0.305 e. The molecular formula is C12H20N4O. The van der Waals surface area contributed by atoms with Gasteiger partial charge in [-0.3, -0.25) is 20.2 Å². The second-order valence-electron chi connectivity index (χ2n) is 3.53. The van der Waals surface area contributed by atoms with E-state index in [0.29, 0.717) is 12.1 Å². The van der Waals surface area contributed by atoms with Crippen LogP contribution < -0.4 is 5.49 Å². The summed E-state index contributed by atoms with van der Waals surface area (Å²) in [6.07, 6.45) is 3.26. The molecule has 0 radical (unpaired) electrons. The maximum atomic E-state index is 10.8. The maximum Gasteiger partial charge on any atom is 0.151 e. The molecule has 0 atom stereocenters. The monoisotopic (exact) mass is 236 g/mol. The van der Waals surface area contributed by atoms with Gasteiger partial charge >= 0.3 is 0 Å². The molecule has 1 rings (SSSR count). The maximum absolute atomic E-state index is 10.8. The molecule has 0 saturated carbocycles. The Morgan fingerprint density at radius 3 is 2.41 bits per heavy atom. The zero-order chi connectivity index (χ0) is 13.4. The summed E-state index contributed by atoms with van der Waals surface area (Å²) >= 11 is 0. The number of aldehydes is 1. The lowest BCUT2D eigenvalue weighted by Gasteiger charge is -2.12. The van der Waals surface area contributed by atoms with Crippen LogP contribution in [0.4, 0.5) is 0 Å². The molecule has 0 fully saturated rings. The highest BCUT2D eigenvalue weighted by molar-refractivity contribution is 5.77. The number of aromatic nitrogens is 1. The van der Waals surface area contributed by atoms with E-state index < -0.39 is 0 Å². The average molecular weight is 236 g/mol. The number of hydrogen-bond donors (Lipinski definition) is 2. The zero-order valence-corrected chi connectivity index (χ0v) is 10.8. The van der Waals surface area contributed by atoms with Crippen LogP contribution in [-0.4, -0.2) is 36.2 Å². The van der Waals surface area contributed by atoms with Crippen molar-refractivity contribution in [1.82, 2.24) is 9.47 Å². The molecule has 94 valence electrons. The fourth-order valence-electron chi connectivity index (χ4n) is 1.32. The fourth-order valence-corrected chi connectivity index (χ4v) is 1.32. The van der Waals surface area contributed by atoms with Crippen LogP contribution in [-0.2, 0) is 6.54 Å². The summed E-state index contributed by atoms with van der Waals surface area (Å²) in [6.45, 7) is 4.61. The Labute approximate surface area is 102 Å². The van der Waals surface area contributed by atoms with E-state index in [1.54, 1.807) is 6.07 Å². The van der Waals surface area contributed by atoms with E-state index in [0.717, 1.165) is 18.2 Å². The number of hydrogen-bond acceptors (Lipinski definition) is 4. The van der Waals surface area contributed by atoms with Gasteiger partial charge in [-0.2, -0.15) is 0 Å². The van der Waals surface area contributed by atoms with Crippen LogP contribution in [0, 0.1) is 10.8 Å². The second kappa shape index (κ2) is 7.51. The highest BCUT2D eigenvalue weighted by atomic mass is 16.1. The number of nitrogens with one attached hydrogen (secondary N) is 2. The summed E-state index contributed by atoms with van der Waals surface area (Å²) in [6, 6.07) is 1.61.